The van der Waals surface area contributed by atoms with Gasteiger partial charge in [0, 0.05) is 6.54 Å². The monoisotopic (exact) mass is 311 g/mol. The fourth-order valence-electron chi connectivity index (χ4n) is 2.61. The maximum atomic E-state index is 12.3. The second-order valence-electron chi connectivity index (χ2n) is 5.76. The lowest BCUT2D eigenvalue weighted by Gasteiger charge is -2.32. The van der Waals surface area contributed by atoms with Gasteiger partial charge in [0.25, 0.3) is 0 Å². The second-order valence-corrected chi connectivity index (χ2v) is 5.76. The third-order valence-corrected chi connectivity index (χ3v) is 3.98. The zero-order valence-electron chi connectivity index (χ0n) is 13.3. The van der Waals surface area contributed by atoms with Crippen LogP contribution >= 0.6 is 0 Å². The Bertz CT molecular complexity index is 639. The first-order valence-electron chi connectivity index (χ1n) is 7.86. The summed E-state index contributed by atoms with van der Waals surface area (Å²) in [6.07, 6.45) is -0.372. The molecule has 1 saturated heterocycles. The van der Waals surface area contributed by atoms with Gasteiger partial charge < -0.3 is 14.4 Å². The van der Waals surface area contributed by atoms with E-state index in [0.29, 0.717) is 26.3 Å². The Kier molecular flexibility index (Phi) is 4.93. The number of rotatable bonds is 3. The molecule has 0 aliphatic carbocycles. The summed E-state index contributed by atoms with van der Waals surface area (Å²) in [5.74, 6) is 0. The number of carbonyl (C=O) groups is 1. The second kappa shape index (κ2) is 7.29. The Morgan fingerprint density at radius 3 is 2.65 bits per heavy atom. The highest BCUT2D eigenvalue weighted by molar-refractivity contribution is 5.67. The van der Waals surface area contributed by atoms with Crippen LogP contribution in [0.15, 0.2) is 54.6 Å². The predicted octanol–water partition coefficient (Wildman–Crippen LogP) is 3.71. The molecule has 0 N–H and O–H groups in total. The lowest BCUT2D eigenvalue weighted by molar-refractivity contribution is -0.0296. The molecule has 1 aliphatic rings. The van der Waals surface area contributed by atoms with Crippen LogP contribution in [0.2, 0.25) is 0 Å². The van der Waals surface area contributed by atoms with Gasteiger partial charge in [-0.3, -0.25) is 0 Å². The topological polar surface area (TPSA) is 38.8 Å². The van der Waals surface area contributed by atoms with Gasteiger partial charge in [0.05, 0.1) is 13.2 Å². The van der Waals surface area contributed by atoms with Crippen molar-refractivity contribution in [2.75, 3.05) is 19.7 Å². The minimum Gasteiger partial charge on any atom is -0.445 e. The molecular weight excluding hydrogens is 290 g/mol. The molecule has 0 spiro atoms. The summed E-state index contributed by atoms with van der Waals surface area (Å²) in [4.78, 5) is 14.0. The van der Waals surface area contributed by atoms with Crippen LogP contribution in [0.5, 0.6) is 0 Å². The van der Waals surface area contributed by atoms with Crippen molar-refractivity contribution in [2.24, 2.45) is 0 Å². The molecule has 0 saturated carbocycles. The maximum absolute atomic E-state index is 12.3. The standard InChI is InChI=1S/C19H21NO3/c1-15-7-9-17(10-8-15)18-13-20(11-12-22-18)19(21)23-14-16-5-3-2-4-6-16/h2-10,18H,11-14H2,1H3. The molecule has 1 heterocycles. The van der Waals surface area contributed by atoms with E-state index >= 15 is 0 Å². The summed E-state index contributed by atoms with van der Waals surface area (Å²) in [7, 11) is 0. The van der Waals surface area contributed by atoms with Crippen molar-refractivity contribution >= 4 is 6.09 Å². The molecule has 4 heteroatoms. The third-order valence-electron chi connectivity index (χ3n) is 3.98. The number of ether oxygens (including phenoxy) is 2. The number of hydrogen-bond acceptors (Lipinski definition) is 3. The molecule has 1 aliphatic heterocycles. The van der Waals surface area contributed by atoms with Crippen LogP contribution in [0.25, 0.3) is 0 Å². The van der Waals surface area contributed by atoms with Crippen molar-refractivity contribution in [1.82, 2.24) is 4.90 Å². The molecule has 3 rings (SSSR count). The summed E-state index contributed by atoms with van der Waals surface area (Å²) < 4.78 is 11.2. The van der Waals surface area contributed by atoms with Crippen molar-refractivity contribution in [2.45, 2.75) is 19.6 Å². The number of amides is 1. The van der Waals surface area contributed by atoms with Crippen molar-refractivity contribution in [3.63, 3.8) is 0 Å². The number of nitrogens with zero attached hydrogens (tertiary/aromatic N) is 1. The summed E-state index contributed by atoms with van der Waals surface area (Å²) in [6.45, 7) is 3.97. The summed E-state index contributed by atoms with van der Waals surface area (Å²) in [5.41, 5.74) is 3.30. The van der Waals surface area contributed by atoms with E-state index in [1.54, 1.807) is 4.90 Å². The van der Waals surface area contributed by atoms with Gasteiger partial charge in [-0.15, -0.1) is 0 Å². The number of aryl methyl sites for hydroxylation is 1. The van der Waals surface area contributed by atoms with Crippen LogP contribution in [0.4, 0.5) is 4.79 Å². The molecule has 1 fully saturated rings. The molecule has 0 radical (unpaired) electrons. The summed E-state index contributed by atoms with van der Waals surface area (Å²) >= 11 is 0. The number of benzene rings is 2. The largest absolute Gasteiger partial charge is 0.445 e. The minimum atomic E-state index is -0.283. The van der Waals surface area contributed by atoms with Crippen molar-refractivity contribution < 1.29 is 14.3 Å². The quantitative estimate of drug-likeness (QED) is 0.867. The number of morpholine rings is 1. The summed E-state index contributed by atoms with van der Waals surface area (Å²) in [5, 5.41) is 0. The first kappa shape index (κ1) is 15.6. The van der Waals surface area contributed by atoms with Gasteiger partial charge in [-0.25, -0.2) is 4.79 Å². The molecule has 1 atom stereocenters. The number of hydrogen-bond donors (Lipinski definition) is 0. The van der Waals surface area contributed by atoms with Crippen molar-refractivity contribution in [3.05, 3.63) is 71.3 Å². The van der Waals surface area contributed by atoms with Crippen LogP contribution in [-0.4, -0.2) is 30.7 Å². The molecule has 0 aromatic heterocycles. The fraction of sp³-hybridized carbons (Fsp3) is 0.316. The highest BCUT2D eigenvalue weighted by Gasteiger charge is 2.26. The van der Waals surface area contributed by atoms with Crippen molar-refractivity contribution in [1.29, 1.82) is 0 Å². The van der Waals surface area contributed by atoms with Crippen molar-refractivity contribution in [3.8, 4) is 0 Å². The van der Waals surface area contributed by atoms with E-state index in [0.717, 1.165) is 11.1 Å². The van der Waals surface area contributed by atoms with Gasteiger partial charge in [-0.2, -0.15) is 0 Å². The molecule has 1 unspecified atom stereocenters. The van der Waals surface area contributed by atoms with E-state index < -0.39 is 0 Å². The Morgan fingerprint density at radius 1 is 1.17 bits per heavy atom. The Balaban J connectivity index is 1.57. The first-order chi connectivity index (χ1) is 11.2. The highest BCUT2D eigenvalue weighted by Crippen LogP contribution is 2.23. The van der Waals surface area contributed by atoms with E-state index in [1.807, 2.05) is 30.3 Å². The van der Waals surface area contributed by atoms with E-state index in [-0.39, 0.29) is 12.2 Å². The Hall–Kier alpha value is -2.33. The molecule has 2 aromatic rings. The van der Waals surface area contributed by atoms with Gasteiger partial charge in [0.15, 0.2) is 0 Å². The van der Waals surface area contributed by atoms with E-state index in [2.05, 4.69) is 31.2 Å². The molecule has 2 aromatic carbocycles. The summed E-state index contributed by atoms with van der Waals surface area (Å²) in [6, 6.07) is 17.9. The smallest absolute Gasteiger partial charge is 0.410 e. The van der Waals surface area contributed by atoms with Crippen LogP contribution in [0.1, 0.15) is 22.8 Å². The maximum Gasteiger partial charge on any atom is 0.410 e. The molecule has 120 valence electrons. The average Bonchev–Trinajstić information content (AvgIpc) is 2.61. The third kappa shape index (κ3) is 4.11. The molecule has 23 heavy (non-hydrogen) atoms. The van der Waals surface area contributed by atoms with E-state index in [9.17, 15) is 4.79 Å². The normalized spacial score (nSPS) is 17.8. The van der Waals surface area contributed by atoms with Crippen LogP contribution in [0.3, 0.4) is 0 Å². The van der Waals surface area contributed by atoms with Gasteiger partial charge in [0.2, 0.25) is 0 Å². The zero-order valence-corrected chi connectivity index (χ0v) is 13.3. The van der Waals surface area contributed by atoms with Gasteiger partial charge in [-0.05, 0) is 18.1 Å². The van der Waals surface area contributed by atoms with Gasteiger partial charge in [-0.1, -0.05) is 60.2 Å². The fourth-order valence-corrected chi connectivity index (χ4v) is 2.61. The van der Waals surface area contributed by atoms with E-state index in [1.165, 1.54) is 5.56 Å². The Morgan fingerprint density at radius 2 is 1.91 bits per heavy atom. The molecular formula is C19H21NO3. The van der Waals surface area contributed by atoms with Gasteiger partial charge in [0.1, 0.15) is 12.7 Å². The van der Waals surface area contributed by atoms with Crippen LogP contribution in [-0.2, 0) is 16.1 Å². The lowest BCUT2D eigenvalue weighted by Crippen LogP contribution is -2.42. The minimum absolute atomic E-state index is 0.0892. The highest BCUT2D eigenvalue weighted by atomic mass is 16.6. The van der Waals surface area contributed by atoms with Crippen LogP contribution in [0, 0.1) is 6.92 Å². The number of carbonyl (C=O) groups excluding carboxylic acids is 1. The average molecular weight is 311 g/mol. The SMILES string of the molecule is Cc1ccc(C2CN(C(=O)OCc3ccccc3)CCO2)cc1. The predicted molar refractivity (Wildman–Crippen MR) is 88.1 cm³/mol. The molecule has 1 amide bonds. The van der Waals surface area contributed by atoms with Crippen LogP contribution < -0.4 is 0 Å². The molecule has 4 nitrogen and oxygen atoms in total. The van der Waals surface area contributed by atoms with E-state index in [4.69, 9.17) is 9.47 Å². The first-order valence-corrected chi connectivity index (χ1v) is 7.86. The zero-order chi connectivity index (χ0) is 16.1. The lowest BCUT2D eigenvalue weighted by atomic mass is 10.1. The van der Waals surface area contributed by atoms with Gasteiger partial charge >= 0.3 is 6.09 Å². The Labute approximate surface area is 136 Å². The molecule has 0 bridgehead atoms.